The van der Waals surface area contributed by atoms with E-state index in [-0.39, 0.29) is 50.4 Å². The van der Waals surface area contributed by atoms with E-state index in [2.05, 4.69) is 5.32 Å². The smallest absolute Gasteiger partial charge is 0.407 e. The van der Waals surface area contributed by atoms with Crippen LogP contribution in [-0.2, 0) is 62.2 Å². The molecular formula is C41H48N3O14PS. The van der Waals surface area contributed by atoms with E-state index in [4.69, 9.17) is 32.7 Å². The van der Waals surface area contributed by atoms with Crippen LogP contribution in [-0.4, -0.2) is 92.3 Å². The number of benzene rings is 4. The van der Waals surface area contributed by atoms with Crippen LogP contribution in [0.4, 0.5) is 10.5 Å². The van der Waals surface area contributed by atoms with E-state index >= 15 is 0 Å². The molecule has 19 heteroatoms. The second-order valence-electron chi connectivity index (χ2n) is 14.6. The predicted octanol–water partition coefficient (Wildman–Crippen LogP) is 6.00. The van der Waals surface area contributed by atoms with E-state index in [9.17, 15) is 33.0 Å². The molecule has 2 fully saturated rings. The molecule has 5 atom stereocenters. The summed E-state index contributed by atoms with van der Waals surface area (Å²) in [5.74, 6) is 0.122. The molecule has 0 unspecified atom stereocenters. The molecule has 2 N–H and O–H groups in total. The summed E-state index contributed by atoms with van der Waals surface area (Å²) < 4.78 is 82.2. The van der Waals surface area contributed by atoms with E-state index in [0.717, 1.165) is 21.5 Å². The highest BCUT2D eigenvalue weighted by Crippen LogP contribution is 2.49. The molecule has 2 heterocycles. The first kappa shape index (κ1) is 44.8. The minimum Gasteiger partial charge on any atom is -0.481 e. The van der Waals surface area contributed by atoms with Gasteiger partial charge in [-0.15, -0.1) is 0 Å². The average molecular weight is 870 g/mol. The maximum Gasteiger partial charge on any atom is 0.407 e. The summed E-state index contributed by atoms with van der Waals surface area (Å²) in [6.07, 6.45) is -4.95. The molecule has 4 aromatic carbocycles. The molecule has 1 amide bonds. The first-order valence-electron chi connectivity index (χ1n) is 19.2. The number of ether oxygens (including phenoxy) is 5. The number of hydrogen-bond acceptors (Lipinski definition) is 14. The number of nitrogens with zero attached hydrogens (tertiary/aromatic N) is 2. The van der Waals surface area contributed by atoms with Crippen molar-refractivity contribution in [1.29, 1.82) is 0 Å². The van der Waals surface area contributed by atoms with Crippen molar-refractivity contribution in [2.24, 2.45) is 5.92 Å². The van der Waals surface area contributed by atoms with Gasteiger partial charge >= 0.3 is 13.7 Å². The third-order valence-corrected chi connectivity index (χ3v) is 12.8. The minimum absolute atomic E-state index is 0.00534. The van der Waals surface area contributed by atoms with Crippen molar-refractivity contribution in [3.63, 3.8) is 0 Å². The Hall–Kier alpha value is -4.75. The van der Waals surface area contributed by atoms with Gasteiger partial charge in [-0.25, -0.2) is 13.2 Å². The number of alkyl carbamates (subject to hydrolysis) is 1. The van der Waals surface area contributed by atoms with Gasteiger partial charge in [0, 0.05) is 25.2 Å². The summed E-state index contributed by atoms with van der Waals surface area (Å²) in [5.41, 5.74) is 1.79. The molecule has 322 valence electrons. The van der Waals surface area contributed by atoms with E-state index < -0.39 is 77.9 Å². The zero-order valence-electron chi connectivity index (χ0n) is 33.0. The summed E-state index contributed by atoms with van der Waals surface area (Å²) >= 11 is 0. The molecule has 0 saturated carbocycles. The van der Waals surface area contributed by atoms with Crippen molar-refractivity contribution in [3.05, 3.63) is 136 Å². The molecule has 0 spiro atoms. The van der Waals surface area contributed by atoms with Crippen LogP contribution >= 0.6 is 7.60 Å². The molecule has 2 aliphatic heterocycles. The third kappa shape index (κ3) is 12.4. The molecule has 2 aliphatic rings. The molecule has 17 nitrogen and oxygen atoms in total. The number of nitrogens with one attached hydrogen (secondary N) is 1. The van der Waals surface area contributed by atoms with Gasteiger partial charge in [0.05, 0.1) is 41.8 Å². The fourth-order valence-corrected chi connectivity index (χ4v) is 9.32. The number of amides is 1. The Morgan fingerprint density at radius 1 is 0.900 bits per heavy atom. The maximum atomic E-state index is 13.9. The number of carbonyl (C=O) groups is 1. The van der Waals surface area contributed by atoms with E-state index in [1.807, 2.05) is 60.7 Å². The van der Waals surface area contributed by atoms with Gasteiger partial charge in [0.25, 0.3) is 5.69 Å². The van der Waals surface area contributed by atoms with Crippen LogP contribution < -0.4 is 10.1 Å². The Morgan fingerprint density at radius 2 is 1.55 bits per heavy atom. The average Bonchev–Trinajstić information content (AvgIpc) is 3.87. The normalized spacial score (nSPS) is 18.9. The van der Waals surface area contributed by atoms with Crippen LogP contribution in [0.25, 0.3) is 0 Å². The van der Waals surface area contributed by atoms with E-state index in [1.54, 1.807) is 38.1 Å². The second kappa shape index (κ2) is 20.7. The molecule has 0 radical (unpaired) electrons. The van der Waals surface area contributed by atoms with Crippen LogP contribution in [0.5, 0.6) is 5.75 Å². The maximum absolute atomic E-state index is 13.9. The lowest BCUT2D eigenvalue weighted by atomic mass is 10.0. The van der Waals surface area contributed by atoms with Gasteiger partial charge < -0.3 is 43.2 Å². The predicted molar refractivity (Wildman–Crippen MR) is 216 cm³/mol. The summed E-state index contributed by atoms with van der Waals surface area (Å²) in [5, 5.41) is 25.9. The van der Waals surface area contributed by atoms with E-state index in [0.29, 0.717) is 11.3 Å². The van der Waals surface area contributed by atoms with Crippen LogP contribution in [0.15, 0.2) is 114 Å². The first-order chi connectivity index (χ1) is 28.8. The largest absolute Gasteiger partial charge is 0.481 e. The number of rotatable bonds is 21. The standard InChI is InChI=1S/C41H48N3O14PS/c1-29(2)22-43(60(50,51)35-15-9-14-33(21-35)44(47)48)23-37(45)36(42-41(46)58-38-26-52-40-39(38)53-27-54-40)20-30-16-18-34(19-17-30)55-28-59(49,56-24-31-10-5-3-6-11-31)57-25-32-12-7-4-8-13-32/h3-19,21,29,36-40,45H,20,22-28H2,1-2H3,(H,42,46)/t36-,37+,38-,39-,40-/m0/s1. The van der Waals surface area contributed by atoms with Crippen molar-refractivity contribution < 1.29 is 60.5 Å². The number of sulfonamides is 1. The number of nitro groups is 1. The van der Waals surface area contributed by atoms with E-state index in [1.165, 1.54) is 18.2 Å². The number of carbonyl (C=O) groups excluding carboxylic acids is 1. The molecule has 0 aromatic heterocycles. The topological polar surface area (TPSA) is 212 Å². The second-order valence-corrected chi connectivity index (χ2v) is 18.5. The van der Waals surface area contributed by atoms with Crippen molar-refractivity contribution in [2.75, 3.05) is 32.8 Å². The summed E-state index contributed by atoms with van der Waals surface area (Å²) in [6, 6.07) is 28.6. The highest BCUT2D eigenvalue weighted by Gasteiger charge is 2.45. The van der Waals surface area contributed by atoms with Gasteiger partial charge in [0.15, 0.2) is 31.6 Å². The van der Waals surface area contributed by atoms with Gasteiger partial charge in [0.2, 0.25) is 10.0 Å². The number of nitro benzene ring substituents is 1. The Kier molecular flexibility index (Phi) is 15.4. The number of hydrogen-bond donors (Lipinski definition) is 2. The number of non-ortho nitro benzene ring substituents is 1. The molecule has 60 heavy (non-hydrogen) atoms. The molecule has 6 rings (SSSR count). The Morgan fingerprint density at radius 3 is 2.17 bits per heavy atom. The Bertz CT molecular complexity index is 2140. The van der Waals surface area contributed by atoms with Crippen LogP contribution in [0.3, 0.4) is 0 Å². The fourth-order valence-electron chi connectivity index (χ4n) is 6.43. The quantitative estimate of drug-likeness (QED) is 0.0559. The number of fused-ring (bicyclic) bond motifs is 1. The fraction of sp³-hybridized carbons (Fsp3) is 0.390. The van der Waals surface area contributed by atoms with Crippen molar-refractivity contribution in [1.82, 2.24) is 9.62 Å². The molecule has 0 aliphatic carbocycles. The minimum atomic E-state index is -4.36. The summed E-state index contributed by atoms with van der Waals surface area (Å²) in [7, 11) is -8.15. The van der Waals surface area contributed by atoms with Crippen molar-refractivity contribution in [2.45, 2.75) is 69.0 Å². The zero-order valence-corrected chi connectivity index (χ0v) is 34.7. The molecular weight excluding hydrogens is 821 g/mol. The summed E-state index contributed by atoms with van der Waals surface area (Å²) in [6.45, 7) is 3.10. The number of aliphatic hydroxyl groups is 1. The van der Waals surface area contributed by atoms with Crippen molar-refractivity contribution >= 4 is 29.4 Å². The number of aliphatic hydroxyl groups excluding tert-OH is 1. The lowest BCUT2D eigenvalue weighted by molar-refractivity contribution is -0.385. The summed E-state index contributed by atoms with van der Waals surface area (Å²) in [4.78, 5) is 23.8. The van der Waals surface area contributed by atoms with Gasteiger partial charge in [-0.2, -0.15) is 4.31 Å². The molecule has 2 saturated heterocycles. The lowest BCUT2D eigenvalue weighted by Gasteiger charge is -2.31. The highest BCUT2D eigenvalue weighted by atomic mass is 32.2. The van der Waals surface area contributed by atoms with Crippen LogP contribution in [0.2, 0.25) is 0 Å². The Balaban J connectivity index is 1.17. The third-order valence-electron chi connectivity index (χ3n) is 9.51. The van der Waals surface area contributed by atoms with Crippen molar-refractivity contribution in [3.8, 4) is 5.75 Å². The SMILES string of the molecule is CC(C)CN(C[C@@H](O)[C@H](Cc1ccc(OCP(=O)(OCc2ccccc2)OCc2ccccc2)cc1)NC(=O)O[C@H]1CO[C@H]2OCO[C@H]21)S(=O)(=O)c1cccc([N+](=O)[O-])c1. The molecule has 4 aromatic rings. The van der Waals surface area contributed by atoms with Gasteiger partial charge in [-0.3, -0.25) is 14.7 Å². The van der Waals surface area contributed by atoms with Gasteiger partial charge in [-0.1, -0.05) is 92.7 Å². The molecule has 0 bridgehead atoms. The zero-order chi connectivity index (χ0) is 42.7. The van der Waals surface area contributed by atoms with Gasteiger partial charge in [0.1, 0.15) is 5.75 Å². The lowest BCUT2D eigenvalue weighted by Crippen LogP contribution is -2.52. The Labute approximate surface area is 348 Å². The first-order valence-corrected chi connectivity index (χ1v) is 22.4. The monoisotopic (exact) mass is 869 g/mol. The van der Waals surface area contributed by atoms with Crippen LogP contribution in [0, 0.1) is 16.0 Å². The van der Waals surface area contributed by atoms with Gasteiger partial charge in [-0.05, 0) is 47.2 Å². The highest BCUT2D eigenvalue weighted by molar-refractivity contribution is 7.89. The van der Waals surface area contributed by atoms with Crippen LogP contribution in [0.1, 0.15) is 30.5 Å².